The zero-order valence-corrected chi connectivity index (χ0v) is 11.4. The Labute approximate surface area is 117 Å². The average Bonchev–Trinajstić information content (AvgIpc) is 2.48. The van der Waals surface area contributed by atoms with E-state index in [9.17, 15) is 9.90 Å². The number of hydrogen-bond acceptors (Lipinski definition) is 4. The van der Waals surface area contributed by atoms with E-state index >= 15 is 0 Å². The first kappa shape index (κ1) is 13.9. The van der Waals surface area contributed by atoms with E-state index in [2.05, 4.69) is 0 Å². The lowest BCUT2D eigenvalue weighted by Gasteiger charge is -2.08. The molecular formula is C16H16O4. The number of aromatic hydroxyl groups is 1. The molecule has 2 aromatic rings. The van der Waals surface area contributed by atoms with Crippen molar-refractivity contribution in [3.63, 3.8) is 0 Å². The highest BCUT2D eigenvalue weighted by Crippen LogP contribution is 2.22. The van der Waals surface area contributed by atoms with Gasteiger partial charge in [0.15, 0.2) is 0 Å². The van der Waals surface area contributed by atoms with Crippen LogP contribution >= 0.6 is 0 Å². The number of methoxy groups -OCH3 is 1. The fraction of sp³-hybridized carbons (Fsp3) is 0.188. The van der Waals surface area contributed by atoms with E-state index in [-0.39, 0.29) is 17.9 Å². The summed E-state index contributed by atoms with van der Waals surface area (Å²) in [5.74, 6) is 0.172. The number of benzene rings is 2. The van der Waals surface area contributed by atoms with E-state index in [4.69, 9.17) is 9.47 Å². The van der Waals surface area contributed by atoms with Crippen LogP contribution in [-0.2, 0) is 11.3 Å². The Morgan fingerprint density at radius 2 is 1.85 bits per heavy atom. The van der Waals surface area contributed by atoms with E-state index in [1.807, 2.05) is 12.1 Å². The van der Waals surface area contributed by atoms with E-state index in [1.165, 1.54) is 0 Å². The molecule has 0 heterocycles. The maximum Gasteiger partial charge on any atom is 0.342 e. The number of aryl methyl sites for hydroxylation is 1. The van der Waals surface area contributed by atoms with Crippen LogP contribution in [0.25, 0.3) is 0 Å². The topological polar surface area (TPSA) is 55.8 Å². The van der Waals surface area contributed by atoms with Crippen molar-refractivity contribution < 1.29 is 19.4 Å². The highest BCUT2D eigenvalue weighted by molar-refractivity contribution is 5.92. The molecule has 4 nitrogen and oxygen atoms in total. The molecule has 0 aliphatic carbocycles. The van der Waals surface area contributed by atoms with Crippen LogP contribution in [0.2, 0.25) is 0 Å². The second-order valence-corrected chi connectivity index (χ2v) is 4.40. The van der Waals surface area contributed by atoms with Crippen molar-refractivity contribution in [2.24, 2.45) is 0 Å². The van der Waals surface area contributed by atoms with Crippen LogP contribution in [0.15, 0.2) is 42.5 Å². The molecule has 0 aliphatic heterocycles. The fourth-order valence-corrected chi connectivity index (χ4v) is 1.77. The van der Waals surface area contributed by atoms with Crippen LogP contribution in [0.1, 0.15) is 21.5 Å². The number of esters is 1. The van der Waals surface area contributed by atoms with E-state index in [0.717, 1.165) is 11.3 Å². The third kappa shape index (κ3) is 3.09. The molecule has 0 saturated carbocycles. The molecule has 2 rings (SSSR count). The van der Waals surface area contributed by atoms with Gasteiger partial charge in [0.2, 0.25) is 0 Å². The second kappa shape index (κ2) is 6.10. The van der Waals surface area contributed by atoms with Crippen LogP contribution in [0, 0.1) is 6.92 Å². The minimum Gasteiger partial charge on any atom is -0.507 e. The van der Waals surface area contributed by atoms with Crippen molar-refractivity contribution in [1.82, 2.24) is 0 Å². The van der Waals surface area contributed by atoms with Crippen molar-refractivity contribution in [3.8, 4) is 11.5 Å². The Morgan fingerprint density at radius 3 is 2.50 bits per heavy atom. The Bertz CT molecular complexity index is 602. The molecule has 0 aliphatic rings. The molecule has 0 aromatic heterocycles. The maximum absolute atomic E-state index is 11.9. The fourth-order valence-electron chi connectivity index (χ4n) is 1.77. The normalized spacial score (nSPS) is 10.1. The van der Waals surface area contributed by atoms with E-state index in [0.29, 0.717) is 5.56 Å². The summed E-state index contributed by atoms with van der Waals surface area (Å²) in [6.45, 7) is 1.88. The second-order valence-electron chi connectivity index (χ2n) is 4.40. The van der Waals surface area contributed by atoms with Crippen LogP contribution < -0.4 is 4.74 Å². The largest absolute Gasteiger partial charge is 0.507 e. The lowest BCUT2D eigenvalue weighted by atomic mass is 10.1. The summed E-state index contributed by atoms with van der Waals surface area (Å²) in [6.07, 6.45) is 0. The zero-order valence-electron chi connectivity index (χ0n) is 11.4. The Balaban J connectivity index is 2.02. The standard InChI is InChI=1S/C16H16O4/c1-11-4-3-5-14(15(11)17)16(18)20-10-12-6-8-13(19-2)9-7-12/h3-9,17H,10H2,1-2H3. The Morgan fingerprint density at radius 1 is 1.15 bits per heavy atom. The van der Waals surface area contributed by atoms with Gasteiger partial charge in [-0.3, -0.25) is 0 Å². The van der Waals surface area contributed by atoms with Gasteiger partial charge in [0.1, 0.15) is 23.7 Å². The predicted molar refractivity (Wildman–Crippen MR) is 75.0 cm³/mol. The molecule has 0 saturated heterocycles. The van der Waals surface area contributed by atoms with Crippen molar-refractivity contribution in [2.75, 3.05) is 7.11 Å². The molecule has 0 amide bonds. The molecular weight excluding hydrogens is 256 g/mol. The first-order chi connectivity index (χ1) is 9.61. The summed E-state index contributed by atoms with van der Waals surface area (Å²) in [5.41, 5.74) is 1.67. The predicted octanol–water partition coefficient (Wildman–Crippen LogP) is 3.07. The molecule has 2 aromatic carbocycles. The number of rotatable bonds is 4. The van der Waals surface area contributed by atoms with Gasteiger partial charge in [-0.2, -0.15) is 0 Å². The summed E-state index contributed by atoms with van der Waals surface area (Å²) in [4.78, 5) is 11.9. The van der Waals surface area contributed by atoms with Gasteiger partial charge in [0.05, 0.1) is 7.11 Å². The summed E-state index contributed by atoms with van der Waals surface area (Å²) >= 11 is 0. The van der Waals surface area contributed by atoms with Crippen molar-refractivity contribution >= 4 is 5.97 Å². The molecule has 0 bridgehead atoms. The van der Waals surface area contributed by atoms with Gasteiger partial charge in [0.25, 0.3) is 0 Å². The van der Waals surface area contributed by atoms with Gasteiger partial charge >= 0.3 is 5.97 Å². The zero-order chi connectivity index (χ0) is 14.5. The molecule has 0 fully saturated rings. The molecule has 104 valence electrons. The van der Waals surface area contributed by atoms with Crippen LogP contribution in [0.3, 0.4) is 0 Å². The summed E-state index contributed by atoms with van der Waals surface area (Å²) in [5, 5.41) is 9.82. The number of phenolic OH excluding ortho intramolecular Hbond substituents is 1. The first-order valence-electron chi connectivity index (χ1n) is 6.20. The quantitative estimate of drug-likeness (QED) is 0.869. The minimum atomic E-state index is -0.540. The number of carbonyl (C=O) groups is 1. The number of carbonyl (C=O) groups excluding carboxylic acids is 1. The van der Waals surface area contributed by atoms with Gasteiger partial charge in [-0.1, -0.05) is 24.3 Å². The van der Waals surface area contributed by atoms with Crippen molar-refractivity contribution in [2.45, 2.75) is 13.5 Å². The third-order valence-electron chi connectivity index (χ3n) is 2.99. The Kier molecular flexibility index (Phi) is 4.25. The third-order valence-corrected chi connectivity index (χ3v) is 2.99. The van der Waals surface area contributed by atoms with Crippen LogP contribution in [0.5, 0.6) is 11.5 Å². The first-order valence-corrected chi connectivity index (χ1v) is 6.20. The molecule has 0 atom stereocenters. The highest BCUT2D eigenvalue weighted by atomic mass is 16.5. The molecule has 1 N–H and O–H groups in total. The summed E-state index contributed by atoms with van der Waals surface area (Å²) < 4.78 is 10.2. The lowest BCUT2D eigenvalue weighted by Crippen LogP contribution is -2.06. The molecule has 0 unspecified atom stereocenters. The van der Waals surface area contributed by atoms with E-state index in [1.54, 1.807) is 44.4 Å². The van der Waals surface area contributed by atoms with Gasteiger partial charge in [0, 0.05) is 0 Å². The molecule has 20 heavy (non-hydrogen) atoms. The molecule has 0 spiro atoms. The summed E-state index contributed by atoms with van der Waals surface area (Å²) in [6, 6.07) is 12.2. The monoisotopic (exact) mass is 272 g/mol. The van der Waals surface area contributed by atoms with Gasteiger partial charge in [-0.25, -0.2) is 4.79 Å². The van der Waals surface area contributed by atoms with Gasteiger partial charge < -0.3 is 14.6 Å². The van der Waals surface area contributed by atoms with E-state index < -0.39 is 5.97 Å². The highest BCUT2D eigenvalue weighted by Gasteiger charge is 2.13. The van der Waals surface area contributed by atoms with Crippen LogP contribution in [0.4, 0.5) is 0 Å². The lowest BCUT2D eigenvalue weighted by molar-refractivity contribution is 0.0469. The van der Waals surface area contributed by atoms with Crippen molar-refractivity contribution in [1.29, 1.82) is 0 Å². The van der Waals surface area contributed by atoms with Crippen LogP contribution in [-0.4, -0.2) is 18.2 Å². The number of para-hydroxylation sites is 1. The SMILES string of the molecule is COc1ccc(COC(=O)c2cccc(C)c2O)cc1. The van der Waals surface area contributed by atoms with Crippen molar-refractivity contribution in [3.05, 3.63) is 59.2 Å². The smallest absolute Gasteiger partial charge is 0.342 e. The minimum absolute atomic E-state index is 0.0350. The molecule has 0 radical (unpaired) electrons. The summed E-state index contributed by atoms with van der Waals surface area (Å²) in [7, 11) is 1.59. The number of phenols is 1. The average molecular weight is 272 g/mol. The Hall–Kier alpha value is -2.49. The number of hydrogen-bond donors (Lipinski definition) is 1. The maximum atomic E-state index is 11.9. The molecule has 4 heteroatoms. The number of ether oxygens (including phenoxy) is 2. The van der Waals surface area contributed by atoms with Gasteiger partial charge in [-0.15, -0.1) is 0 Å². The van der Waals surface area contributed by atoms with Gasteiger partial charge in [-0.05, 0) is 36.2 Å².